The highest BCUT2D eigenvalue weighted by Crippen LogP contribution is 2.24. The van der Waals surface area contributed by atoms with E-state index in [1.54, 1.807) is 0 Å². The van der Waals surface area contributed by atoms with Crippen LogP contribution in [0.25, 0.3) is 0 Å². The smallest absolute Gasteiger partial charge is 0.108 e. The summed E-state index contributed by atoms with van der Waals surface area (Å²) in [5.74, 6) is 0. The average Bonchev–Trinajstić information content (AvgIpc) is 2.58. The second kappa shape index (κ2) is 7.21. The molecule has 1 atom stereocenters. The number of pyridine rings is 1. The molecule has 3 rings (SSSR count). The summed E-state index contributed by atoms with van der Waals surface area (Å²) < 4.78 is 6.01. The Bertz CT molecular complexity index is 615. The fraction of sp³-hybridized carbons (Fsp3) is 0.421. The molecule has 1 aliphatic rings. The van der Waals surface area contributed by atoms with Gasteiger partial charge in [0.15, 0.2) is 0 Å². The summed E-state index contributed by atoms with van der Waals surface area (Å²) in [7, 11) is 0. The lowest BCUT2D eigenvalue weighted by molar-refractivity contribution is -0.134. The van der Waals surface area contributed by atoms with Crippen LogP contribution >= 0.6 is 0 Å². The van der Waals surface area contributed by atoms with Gasteiger partial charge in [-0.2, -0.15) is 0 Å². The van der Waals surface area contributed by atoms with Gasteiger partial charge in [-0.1, -0.05) is 29.8 Å². The standard InChI is InChI=1S/C19H24N2O2/c1-16-2-4-17(5-3-16)12-19(15-22)14-21(10-11-23-19)13-18-6-8-20-9-7-18/h2-9,22H,10-15H2,1H3/t19-/m0/s1. The van der Waals surface area contributed by atoms with Gasteiger partial charge in [-0.25, -0.2) is 0 Å². The van der Waals surface area contributed by atoms with Crippen molar-refractivity contribution in [2.24, 2.45) is 0 Å². The van der Waals surface area contributed by atoms with E-state index in [9.17, 15) is 5.11 Å². The maximum atomic E-state index is 9.98. The number of aromatic nitrogens is 1. The first-order valence-corrected chi connectivity index (χ1v) is 8.11. The van der Waals surface area contributed by atoms with Gasteiger partial charge >= 0.3 is 0 Å². The van der Waals surface area contributed by atoms with Crippen molar-refractivity contribution in [1.82, 2.24) is 9.88 Å². The summed E-state index contributed by atoms with van der Waals surface area (Å²) in [6, 6.07) is 12.5. The molecule has 1 aromatic heterocycles. The van der Waals surface area contributed by atoms with E-state index >= 15 is 0 Å². The highest BCUT2D eigenvalue weighted by Gasteiger charge is 2.36. The molecule has 4 heteroatoms. The zero-order valence-corrected chi connectivity index (χ0v) is 13.6. The lowest BCUT2D eigenvalue weighted by Crippen LogP contribution is -2.55. The molecule has 0 aliphatic carbocycles. The Balaban J connectivity index is 1.69. The molecular formula is C19H24N2O2. The van der Waals surface area contributed by atoms with Gasteiger partial charge in [0.1, 0.15) is 5.60 Å². The van der Waals surface area contributed by atoms with Crippen LogP contribution in [0.3, 0.4) is 0 Å². The summed E-state index contributed by atoms with van der Waals surface area (Å²) in [6.45, 7) is 5.25. The highest BCUT2D eigenvalue weighted by atomic mass is 16.5. The molecule has 4 nitrogen and oxygen atoms in total. The van der Waals surface area contributed by atoms with E-state index in [4.69, 9.17) is 4.74 Å². The number of rotatable bonds is 5. The maximum absolute atomic E-state index is 9.98. The number of morpholine rings is 1. The van der Waals surface area contributed by atoms with Crippen LogP contribution in [-0.4, -0.2) is 46.9 Å². The Labute approximate surface area is 137 Å². The summed E-state index contributed by atoms with van der Waals surface area (Å²) in [4.78, 5) is 6.41. The van der Waals surface area contributed by atoms with E-state index < -0.39 is 5.60 Å². The molecule has 0 unspecified atom stereocenters. The van der Waals surface area contributed by atoms with Gasteiger partial charge in [0.2, 0.25) is 0 Å². The van der Waals surface area contributed by atoms with Gasteiger partial charge in [-0.3, -0.25) is 9.88 Å². The summed E-state index contributed by atoms with van der Waals surface area (Å²) in [5, 5.41) is 9.98. The van der Waals surface area contributed by atoms with Crippen molar-refractivity contribution >= 4 is 0 Å². The number of hydrogen-bond donors (Lipinski definition) is 1. The van der Waals surface area contributed by atoms with Crippen LogP contribution in [0.15, 0.2) is 48.8 Å². The third-order valence-corrected chi connectivity index (χ3v) is 4.42. The molecule has 1 N–H and O–H groups in total. The topological polar surface area (TPSA) is 45.6 Å². The molecular weight excluding hydrogens is 288 g/mol. The van der Waals surface area contributed by atoms with Crippen LogP contribution in [0.2, 0.25) is 0 Å². The number of ether oxygens (including phenoxy) is 1. The minimum atomic E-state index is -0.513. The number of aryl methyl sites for hydroxylation is 1. The van der Waals surface area contributed by atoms with Crippen LogP contribution in [0, 0.1) is 6.92 Å². The van der Waals surface area contributed by atoms with Gasteiger partial charge in [-0.05, 0) is 30.2 Å². The zero-order chi connectivity index (χ0) is 16.1. The molecule has 0 spiro atoms. The molecule has 0 radical (unpaired) electrons. The first-order chi connectivity index (χ1) is 11.2. The Hall–Kier alpha value is -1.75. The van der Waals surface area contributed by atoms with Gasteiger partial charge in [0, 0.05) is 38.4 Å². The van der Waals surface area contributed by atoms with E-state index in [0.29, 0.717) is 6.61 Å². The van der Waals surface area contributed by atoms with Gasteiger partial charge in [-0.15, -0.1) is 0 Å². The molecule has 0 saturated carbocycles. The highest BCUT2D eigenvalue weighted by molar-refractivity contribution is 5.23. The number of nitrogens with zero attached hydrogens (tertiary/aromatic N) is 2. The zero-order valence-electron chi connectivity index (χ0n) is 13.6. The predicted molar refractivity (Wildman–Crippen MR) is 90.2 cm³/mol. The monoisotopic (exact) mass is 312 g/mol. The summed E-state index contributed by atoms with van der Waals surface area (Å²) in [5.41, 5.74) is 3.18. The van der Waals surface area contributed by atoms with Crippen LogP contribution in [0.4, 0.5) is 0 Å². The van der Waals surface area contributed by atoms with E-state index in [1.807, 2.05) is 24.5 Å². The lowest BCUT2D eigenvalue weighted by atomic mass is 9.92. The van der Waals surface area contributed by atoms with Crippen molar-refractivity contribution in [1.29, 1.82) is 0 Å². The summed E-state index contributed by atoms with van der Waals surface area (Å²) >= 11 is 0. The summed E-state index contributed by atoms with van der Waals surface area (Å²) in [6.07, 6.45) is 4.37. The molecule has 2 heterocycles. The fourth-order valence-corrected chi connectivity index (χ4v) is 3.14. The van der Waals surface area contributed by atoms with Crippen molar-refractivity contribution < 1.29 is 9.84 Å². The number of hydrogen-bond acceptors (Lipinski definition) is 4. The molecule has 122 valence electrons. The second-order valence-electron chi connectivity index (χ2n) is 6.42. The van der Waals surface area contributed by atoms with Crippen molar-refractivity contribution in [2.45, 2.75) is 25.5 Å². The van der Waals surface area contributed by atoms with Gasteiger partial charge in [0.05, 0.1) is 13.2 Å². The first kappa shape index (κ1) is 16.1. The van der Waals surface area contributed by atoms with E-state index in [2.05, 4.69) is 41.1 Å². The molecule has 2 aromatic rings. The quantitative estimate of drug-likeness (QED) is 0.919. The molecule has 1 fully saturated rings. The molecule has 1 aliphatic heterocycles. The Morgan fingerprint density at radius 3 is 2.57 bits per heavy atom. The molecule has 1 aromatic carbocycles. The SMILES string of the molecule is Cc1ccc(C[C@@]2(CO)CN(Cc3ccncc3)CCO2)cc1. The Morgan fingerprint density at radius 2 is 1.87 bits per heavy atom. The third-order valence-electron chi connectivity index (χ3n) is 4.42. The molecule has 23 heavy (non-hydrogen) atoms. The molecule has 0 amide bonds. The Morgan fingerprint density at radius 1 is 1.13 bits per heavy atom. The molecule has 0 bridgehead atoms. The minimum absolute atomic E-state index is 0.0354. The maximum Gasteiger partial charge on any atom is 0.108 e. The third kappa shape index (κ3) is 4.16. The van der Waals surface area contributed by atoms with E-state index in [0.717, 1.165) is 26.1 Å². The van der Waals surface area contributed by atoms with Crippen LogP contribution in [-0.2, 0) is 17.7 Å². The number of aliphatic hydroxyl groups is 1. The van der Waals surface area contributed by atoms with Crippen LogP contribution < -0.4 is 0 Å². The number of benzene rings is 1. The fourth-order valence-electron chi connectivity index (χ4n) is 3.14. The van der Waals surface area contributed by atoms with Gasteiger partial charge < -0.3 is 9.84 Å². The largest absolute Gasteiger partial charge is 0.393 e. The first-order valence-electron chi connectivity index (χ1n) is 8.11. The number of aliphatic hydroxyl groups excluding tert-OH is 1. The van der Waals surface area contributed by atoms with Crippen molar-refractivity contribution in [3.63, 3.8) is 0 Å². The van der Waals surface area contributed by atoms with Gasteiger partial charge in [0.25, 0.3) is 0 Å². The molecule has 1 saturated heterocycles. The predicted octanol–water partition coefficient (Wildman–Crippen LogP) is 2.20. The minimum Gasteiger partial charge on any atom is -0.393 e. The van der Waals surface area contributed by atoms with Crippen molar-refractivity contribution in [2.75, 3.05) is 26.3 Å². The van der Waals surface area contributed by atoms with Crippen LogP contribution in [0.1, 0.15) is 16.7 Å². The van der Waals surface area contributed by atoms with E-state index in [-0.39, 0.29) is 6.61 Å². The second-order valence-corrected chi connectivity index (χ2v) is 6.42. The average molecular weight is 312 g/mol. The van der Waals surface area contributed by atoms with E-state index in [1.165, 1.54) is 16.7 Å². The van der Waals surface area contributed by atoms with Crippen molar-refractivity contribution in [3.8, 4) is 0 Å². The lowest BCUT2D eigenvalue weighted by Gasteiger charge is -2.42. The Kier molecular flexibility index (Phi) is 5.06. The normalized spacial score (nSPS) is 22.2. The van der Waals surface area contributed by atoms with Crippen LogP contribution in [0.5, 0.6) is 0 Å². The van der Waals surface area contributed by atoms with Crippen molar-refractivity contribution in [3.05, 3.63) is 65.5 Å².